The maximum Gasteiger partial charge on any atom is 0.324 e. The van der Waals surface area contributed by atoms with Crippen LogP contribution in [0, 0.1) is 0 Å². The summed E-state index contributed by atoms with van der Waals surface area (Å²) in [5.41, 5.74) is 0.839. The van der Waals surface area contributed by atoms with Crippen molar-refractivity contribution in [2.24, 2.45) is 0 Å². The highest BCUT2D eigenvalue weighted by Crippen LogP contribution is 2.22. The molecular weight excluding hydrogens is 308 g/mol. The van der Waals surface area contributed by atoms with E-state index in [0.29, 0.717) is 16.9 Å². The van der Waals surface area contributed by atoms with Crippen LogP contribution in [-0.4, -0.2) is 28.7 Å². The molecule has 108 valence electrons. The summed E-state index contributed by atoms with van der Waals surface area (Å²) in [6.07, 6.45) is 2.66. The fraction of sp³-hybridized carbons (Fsp3) is 0.214. The van der Waals surface area contributed by atoms with Crippen molar-refractivity contribution >= 4 is 29.0 Å². The maximum atomic E-state index is 5.97. The Kier molecular flexibility index (Phi) is 4.17. The molecule has 0 saturated heterocycles. The predicted octanol–water partition coefficient (Wildman–Crippen LogP) is 3.53. The molecule has 2 heterocycles. The van der Waals surface area contributed by atoms with E-state index in [2.05, 4.69) is 15.1 Å². The Morgan fingerprint density at radius 2 is 2.29 bits per heavy atom. The van der Waals surface area contributed by atoms with E-state index in [-0.39, 0.29) is 0 Å². The molecule has 0 N–H and O–H groups in total. The first-order valence-corrected chi connectivity index (χ1v) is 7.67. The highest BCUT2D eigenvalue weighted by molar-refractivity contribution is 7.09. The van der Waals surface area contributed by atoms with Crippen LogP contribution in [0.3, 0.4) is 0 Å². The molecule has 0 aliphatic carbocycles. The molecule has 0 spiro atoms. The van der Waals surface area contributed by atoms with E-state index >= 15 is 0 Å². The third-order valence-corrected chi connectivity index (χ3v) is 4.04. The number of thiazole rings is 1. The van der Waals surface area contributed by atoms with Gasteiger partial charge in [0.15, 0.2) is 0 Å². The second-order valence-electron chi connectivity index (χ2n) is 4.51. The van der Waals surface area contributed by atoms with Gasteiger partial charge in [0.05, 0.1) is 5.01 Å². The summed E-state index contributed by atoms with van der Waals surface area (Å²) in [7, 11) is 1.92. The Morgan fingerprint density at radius 1 is 1.38 bits per heavy atom. The van der Waals surface area contributed by atoms with Crippen LogP contribution in [0.25, 0.3) is 11.4 Å². The number of nitrogens with zero attached hydrogens (tertiary/aromatic N) is 4. The van der Waals surface area contributed by atoms with Gasteiger partial charge in [-0.05, 0) is 12.1 Å². The number of halogens is 1. The lowest BCUT2D eigenvalue weighted by atomic mass is 10.2. The lowest BCUT2D eigenvalue weighted by molar-refractivity contribution is 0.419. The molecular formula is C14H13ClN4OS. The van der Waals surface area contributed by atoms with Crippen molar-refractivity contribution in [3.05, 3.63) is 45.9 Å². The summed E-state index contributed by atoms with van der Waals surface area (Å²) in [4.78, 5) is 10.6. The summed E-state index contributed by atoms with van der Waals surface area (Å²) in [6, 6.07) is 7.87. The molecule has 0 saturated carbocycles. The molecule has 0 bridgehead atoms. The van der Waals surface area contributed by atoms with Crippen LogP contribution in [0.15, 0.2) is 40.4 Å². The van der Waals surface area contributed by atoms with Gasteiger partial charge < -0.3 is 9.42 Å². The zero-order valence-corrected chi connectivity index (χ0v) is 12.9. The van der Waals surface area contributed by atoms with Crippen molar-refractivity contribution in [2.45, 2.75) is 6.42 Å². The van der Waals surface area contributed by atoms with Crippen LogP contribution >= 0.6 is 22.9 Å². The predicted molar refractivity (Wildman–Crippen MR) is 83.8 cm³/mol. The molecule has 0 unspecified atom stereocenters. The normalized spacial score (nSPS) is 10.8. The highest BCUT2D eigenvalue weighted by atomic mass is 35.5. The molecule has 0 aliphatic heterocycles. The highest BCUT2D eigenvalue weighted by Gasteiger charge is 2.13. The van der Waals surface area contributed by atoms with E-state index in [0.717, 1.165) is 23.5 Å². The molecule has 7 heteroatoms. The quantitative estimate of drug-likeness (QED) is 0.720. The van der Waals surface area contributed by atoms with E-state index in [1.807, 2.05) is 47.8 Å². The maximum absolute atomic E-state index is 5.97. The first-order chi connectivity index (χ1) is 10.2. The van der Waals surface area contributed by atoms with Crippen molar-refractivity contribution in [3.8, 4) is 11.4 Å². The van der Waals surface area contributed by atoms with Gasteiger partial charge in [-0.25, -0.2) is 4.98 Å². The van der Waals surface area contributed by atoms with E-state index in [1.165, 1.54) is 0 Å². The number of anilines is 1. The molecule has 0 aliphatic rings. The van der Waals surface area contributed by atoms with Crippen LogP contribution in [0.5, 0.6) is 0 Å². The van der Waals surface area contributed by atoms with Crippen LogP contribution in [-0.2, 0) is 6.42 Å². The van der Waals surface area contributed by atoms with Crippen LogP contribution in [0.2, 0.25) is 5.02 Å². The summed E-state index contributed by atoms with van der Waals surface area (Å²) >= 11 is 7.61. The van der Waals surface area contributed by atoms with Crippen molar-refractivity contribution < 1.29 is 4.52 Å². The molecule has 3 aromatic rings. The summed E-state index contributed by atoms with van der Waals surface area (Å²) in [6.45, 7) is 0.769. The molecule has 21 heavy (non-hydrogen) atoms. The first-order valence-electron chi connectivity index (χ1n) is 6.41. The minimum Gasteiger partial charge on any atom is -0.327 e. The Morgan fingerprint density at radius 3 is 3.05 bits per heavy atom. The largest absolute Gasteiger partial charge is 0.327 e. The molecule has 3 rings (SSSR count). The lowest BCUT2D eigenvalue weighted by Gasteiger charge is -2.11. The second-order valence-corrected chi connectivity index (χ2v) is 5.92. The Bertz CT molecular complexity index is 713. The van der Waals surface area contributed by atoms with Crippen molar-refractivity contribution in [3.63, 3.8) is 0 Å². The number of rotatable bonds is 5. The molecule has 2 aromatic heterocycles. The van der Waals surface area contributed by atoms with E-state index in [9.17, 15) is 0 Å². The fourth-order valence-corrected chi connectivity index (χ4v) is 2.65. The topological polar surface area (TPSA) is 55.1 Å². The summed E-state index contributed by atoms with van der Waals surface area (Å²) in [5.74, 6) is 0.536. The number of hydrogen-bond donors (Lipinski definition) is 0. The number of aromatic nitrogens is 3. The van der Waals surface area contributed by atoms with E-state index in [4.69, 9.17) is 16.1 Å². The minimum atomic E-state index is 0.488. The van der Waals surface area contributed by atoms with Gasteiger partial charge >= 0.3 is 6.01 Å². The van der Waals surface area contributed by atoms with E-state index < -0.39 is 0 Å². The van der Waals surface area contributed by atoms with Gasteiger partial charge in [0, 0.05) is 42.2 Å². The average Bonchev–Trinajstić information content (AvgIpc) is 3.16. The molecule has 0 fully saturated rings. The molecule has 0 atom stereocenters. The van der Waals surface area contributed by atoms with Crippen LogP contribution < -0.4 is 4.90 Å². The third-order valence-electron chi connectivity index (χ3n) is 2.97. The zero-order valence-electron chi connectivity index (χ0n) is 11.4. The molecule has 0 radical (unpaired) electrons. The number of benzene rings is 1. The van der Waals surface area contributed by atoms with Gasteiger partial charge in [-0.15, -0.1) is 11.3 Å². The van der Waals surface area contributed by atoms with Gasteiger partial charge in [-0.2, -0.15) is 4.98 Å². The molecule has 5 nitrogen and oxygen atoms in total. The first kappa shape index (κ1) is 14.0. The summed E-state index contributed by atoms with van der Waals surface area (Å²) in [5, 5.41) is 7.71. The van der Waals surface area contributed by atoms with Crippen molar-refractivity contribution in [1.82, 2.24) is 15.1 Å². The van der Waals surface area contributed by atoms with Gasteiger partial charge in [0.25, 0.3) is 0 Å². The Labute approximate surface area is 131 Å². The zero-order chi connectivity index (χ0) is 14.7. The smallest absolute Gasteiger partial charge is 0.324 e. The standard InChI is InChI=1S/C14H13ClN4OS/c1-19(7-5-12-16-6-8-21-12)14-17-13(18-20-14)10-3-2-4-11(15)9-10/h2-4,6,8-9H,5,7H2,1H3. The second kappa shape index (κ2) is 6.24. The van der Waals surface area contributed by atoms with Gasteiger partial charge in [0.2, 0.25) is 5.82 Å². The molecule has 0 amide bonds. The molecule has 1 aromatic carbocycles. The lowest BCUT2D eigenvalue weighted by Crippen LogP contribution is -2.20. The van der Waals surface area contributed by atoms with Gasteiger partial charge in [-0.3, -0.25) is 0 Å². The number of hydrogen-bond acceptors (Lipinski definition) is 6. The monoisotopic (exact) mass is 320 g/mol. The fourth-order valence-electron chi connectivity index (χ4n) is 1.85. The van der Waals surface area contributed by atoms with Crippen molar-refractivity contribution in [2.75, 3.05) is 18.5 Å². The average molecular weight is 321 g/mol. The van der Waals surface area contributed by atoms with Crippen LogP contribution in [0.4, 0.5) is 6.01 Å². The third kappa shape index (κ3) is 3.40. The van der Waals surface area contributed by atoms with E-state index in [1.54, 1.807) is 11.3 Å². The van der Waals surface area contributed by atoms with Gasteiger partial charge in [-0.1, -0.05) is 28.9 Å². The minimum absolute atomic E-state index is 0.488. The van der Waals surface area contributed by atoms with Gasteiger partial charge in [0.1, 0.15) is 0 Å². The SMILES string of the molecule is CN(CCc1nccs1)c1nc(-c2cccc(Cl)c2)no1. The number of likely N-dealkylation sites (N-methyl/N-ethyl adjacent to an activating group) is 1. The Hall–Kier alpha value is -1.92. The van der Waals surface area contributed by atoms with Crippen molar-refractivity contribution in [1.29, 1.82) is 0 Å². The Balaban J connectivity index is 1.69. The summed E-state index contributed by atoms with van der Waals surface area (Å²) < 4.78 is 5.30. The van der Waals surface area contributed by atoms with Crippen LogP contribution in [0.1, 0.15) is 5.01 Å².